The smallest absolute Gasteiger partial charge is 0.145 e. The summed E-state index contributed by atoms with van der Waals surface area (Å²) in [4.78, 5) is 22.9. The first-order valence-electron chi connectivity index (χ1n) is 9.68. The topological polar surface area (TPSA) is 84.1 Å². The van der Waals surface area contributed by atoms with Crippen molar-refractivity contribution in [2.75, 3.05) is 36.8 Å². The Morgan fingerprint density at radius 1 is 1.00 bits per heavy atom. The molecule has 0 atom stereocenters. The Morgan fingerprint density at radius 2 is 1.79 bits per heavy atom. The molecule has 1 saturated carbocycles. The number of hydrogen-bond acceptors (Lipinski definition) is 7. The van der Waals surface area contributed by atoms with E-state index in [0.717, 1.165) is 54.5 Å². The highest BCUT2D eigenvalue weighted by atomic mass is 35.5. The van der Waals surface area contributed by atoms with Crippen LogP contribution in [0.3, 0.4) is 0 Å². The van der Waals surface area contributed by atoms with Gasteiger partial charge in [-0.2, -0.15) is 0 Å². The molecule has 0 amide bonds. The van der Waals surface area contributed by atoms with Crippen molar-refractivity contribution in [1.29, 1.82) is 0 Å². The molecule has 2 aliphatic rings. The first-order chi connectivity index (χ1) is 13.7. The average Bonchev–Trinajstić information content (AvgIpc) is 3.54. The predicted molar refractivity (Wildman–Crippen MR) is 110 cm³/mol. The minimum Gasteiger partial charge on any atom is -0.383 e. The van der Waals surface area contributed by atoms with Crippen LogP contribution in [0.1, 0.15) is 30.4 Å². The zero-order valence-corrected chi connectivity index (χ0v) is 16.3. The molecule has 1 saturated heterocycles. The Kier molecular flexibility index (Phi) is 4.49. The van der Waals surface area contributed by atoms with Gasteiger partial charge < -0.3 is 10.6 Å². The molecule has 8 heteroatoms. The van der Waals surface area contributed by atoms with E-state index in [2.05, 4.69) is 24.8 Å². The summed E-state index contributed by atoms with van der Waals surface area (Å²) in [6.45, 7) is 4.30. The van der Waals surface area contributed by atoms with E-state index < -0.39 is 0 Å². The third-order valence-electron chi connectivity index (χ3n) is 5.38. The third-order valence-corrected chi connectivity index (χ3v) is 5.58. The number of aromatic nitrogens is 4. The molecular formula is C20H22ClN7. The van der Waals surface area contributed by atoms with Crippen LogP contribution in [0.4, 0.5) is 11.6 Å². The van der Waals surface area contributed by atoms with Gasteiger partial charge in [0, 0.05) is 43.5 Å². The standard InChI is InChI=1S/C20H22ClN7/c21-16-11-18(26-20(24-16)13-5-6-13)28-9-7-27(8-10-28)12-17-23-15-4-2-1-3-14(15)19(22)25-17/h1-4,11,13H,5-10,12H2,(H2,22,23,25). The maximum atomic E-state index is 6.22. The Balaban J connectivity index is 1.26. The van der Waals surface area contributed by atoms with Crippen LogP contribution in [-0.2, 0) is 6.54 Å². The summed E-state index contributed by atoms with van der Waals surface area (Å²) >= 11 is 6.22. The molecule has 5 rings (SSSR count). The van der Waals surface area contributed by atoms with Gasteiger partial charge in [0.05, 0.1) is 12.1 Å². The lowest BCUT2D eigenvalue weighted by atomic mass is 10.2. The van der Waals surface area contributed by atoms with Crippen molar-refractivity contribution in [1.82, 2.24) is 24.8 Å². The summed E-state index contributed by atoms with van der Waals surface area (Å²) in [5.41, 5.74) is 7.01. The summed E-state index contributed by atoms with van der Waals surface area (Å²) in [5.74, 6) is 3.64. The van der Waals surface area contributed by atoms with E-state index in [0.29, 0.717) is 23.4 Å². The molecule has 2 N–H and O–H groups in total. The number of para-hydroxylation sites is 1. The van der Waals surface area contributed by atoms with Crippen LogP contribution >= 0.6 is 11.6 Å². The molecule has 1 aliphatic heterocycles. The minimum absolute atomic E-state index is 0.495. The van der Waals surface area contributed by atoms with Crippen LogP contribution in [0, 0.1) is 0 Å². The lowest BCUT2D eigenvalue weighted by Gasteiger charge is -2.35. The first-order valence-corrected chi connectivity index (χ1v) is 10.1. The summed E-state index contributed by atoms with van der Waals surface area (Å²) in [7, 11) is 0. The average molecular weight is 396 g/mol. The lowest BCUT2D eigenvalue weighted by molar-refractivity contribution is 0.244. The predicted octanol–water partition coefficient (Wildman–Crippen LogP) is 2.86. The molecule has 0 radical (unpaired) electrons. The van der Waals surface area contributed by atoms with Crippen LogP contribution in [0.5, 0.6) is 0 Å². The van der Waals surface area contributed by atoms with Crippen molar-refractivity contribution in [2.24, 2.45) is 0 Å². The number of nitrogens with two attached hydrogens (primary N) is 1. The molecule has 2 fully saturated rings. The number of nitrogen functional groups attached to an aromatic ring is 1. The van der Waals surface area contributed by atoms with E-state index in [9.17, 15) is 0 Å². The van der Waals surface area contributed by atoms with Crippen molar-refractivity contribution in [3.63, 3.8) is 0 Å². The number of anilines is 2. The van der Waals surface area contributed by atoms with E-state index in [1.807, 2.05) is 30.3 Å². The van der Waals surface area contributed by atoms with E-state index in [-0.39, 0.29) is 0 Å². The Morgan fingerprint density at radius 3 is 2.57 bits per heavy atom. The van der Waals surface area contributed by atoms with Gasteiger partial charge in [-0.25, -0.2) is 19.9 Å². The van der Waals surface area contributed by atoms with E-state index in [1.165, 1.54) is 12.8 Å². The maximum Gasteiger partial charge on any atom is 0.145 e. The van der Waals surface area contributed by atoms with E-state index in [1.54, 1.807) is 0 Å². The highest BCUT2D eigenvalue weighted by molar-refractivity contribution is 6.29. The molecule has 28 heavy (non-hydrogen) atoms. The van der Waals surface area contributed by atoms with Crippen LogP contribution in [-0.4, -0.2) is 51.0 Å². The molecule has 3 aromatic rings. The number of nitrogens with zero attached hydrogens (tertiary/aromatic N) is 6. The fraction of sp³-hybridized carbons (Fsp3) is 0.400. The Bertz CT molecular complexity index is 1010. The fourth-order valence-electron chi connectivity index (χ4n) is 3.67. The van der Waals surface area contributed by atoms with Gasteiger partial charge in [-0.3, -0.25) is 4.90 Å². The van der Waals surface area contributed by atoms with Crippen molar-refractivity contribution in [3.05, 3.63) is 47.1 Å². The van der Waals surface area contributed by atoms with Gasteiger partial charge in [-0.15, -0.1) is 0 Å². The highest BCUT2D eigenvalue weighted by Crippen LogP contribution is 2.39. The molecular weight excluding hydrogens is 374 g/mol. The van der Waals surface area contributed by atoms with Gasteiger partial charge in [-0.05, 0) is 25.0 Å². The SMILES string of the molecule is Nc1nc(CN2CCN(c3cc(Cl)nc(C4CC4)n3)CC2)nc2ccccc12. The second-order valence-corrected chi connectivity index (χ2v) is 7.87. The highest BCUT2D eigenvalue weighted by Gasteiger charge is 2.28. The second-order valence-electron chi connectivity index (χ2n) is 7.49. The number of fused-ring (bicyclic) bond motifs is 1. The third kappa shape index (κ3) is 3.59. The fourth-order valence-corrected chi connectivity index (χ4v) is 3.85. The second kappa shape index (κ2) is 7.14. The Hall–Kier alpha value is -2.51. The molecule has 0 spiro atoms. The largest absolute Gasteiger partial charge is 0.383 e. The van der Waals surface area contributed by atoms with Crippen LogP contribution in [0.15, 0.2) is 30.3 Å². The van der Waals surface area contributed by atoms with E-state index in [4.69, 9.17) is 22.3 Å². The molecule has 1 aromatic carbocycles. The van der Waals surface area contributed by atoms with Gasteiger partial charge in [-0.1, -0.05) is 23.7 Å². The lowest BCUT2D eigenvalue weighted by Crippen LogP contribution is -2.46. The molecule has 7 nitrogen and oxygen atoms in total. The Labute approximate surface area is 168 Å². The van der Waals surface area contributed by atoms with Crippen LogP contribution in [0.2, 0.25) is 5.15 Å². The summed E-state index contributed by atoms with van der Waals surface area (Å²) in [5, 5.41) is 1.44. The molecule has 144 valence electrons. The van der Waals surface area contributed by atoms with Gasteiger partial charge >= 0.3 is 0 Å². The zero-order valence-electron chi connectivity index (χ0n) is 15.6. The van der Waals surface area contributed by atoms with Gasteiger partial charge in [0.15, 0.2) is 0 Å². The molecule has 0 bridgehead atoms. The zero-order chi connectivity index (χ0) is 19.1. The molecule has 1 aliphatic carbocycles. The molecule has 3 heterocycles. The summed E-state index contributed by atoms with van der Waals surface area (Å²) in [6, 6.07) is 9.73. The van der Waals surface area contributed by atoms with Crippen molar-refractivity contribution in [3.8, 4) is 0 Å². The van der Waals surface area contributed by atoms with Crippen molar-refractivity contribution in [2.45, 2.75) is 25.3 Å². The first kappa shape index (κ1) is 17.6. The minimum atomic E-state index is 0.495. The summed E-state index contributed by atoms with van der Waals surface area (Å²) in [6.07, 6.45) is 2.34. The van der Waals surface area contributed by atoms with Crippen LogP contribution < -0.4 is 10.6 Å². The normalized spacial score (nSPS) is 18.0. The quantitative estimate of drug-likeness (QED) is 0.680. The van der Waals surface area contributed by atoms with Gasteiger partial charge in [0.1, 0.15) is 28.4 Å². The monoisotopic (exact) mass is 395 g/mol. The molecule has 0 unspecified atom stereocenters. The number of hydrogen-bond donors (Lipinski definition) is 1. The summed E-state index contributed by atoms with van der Waals surface area (Å²) < 4.78 is 0. The number of benzene rings is 1. The maximum absolute atomic E-state index is 6.22. The van der Waals surface area contributed by atoms with Crippen molar-refractivity contribution < 1.29 is 0 Å². The van der Waals surface area contributed by atoms with E-state index >= 15 is 0 Å². The van der Waals surface area contributed by atoms with Crippen molar-refractivity contribution >= 4 is 34.1 Å². The number of rotatable bonds is 4. The molecule has 2 aromatic heterocycles. The van der Waals surface area contributed by atoms with Gasteiger partial charge in [0.2, 0.25) is 0 Å². The van der Waals surface area contributed by atoms with Gasteiger partial charge in [0.25, 0.3) is 0 Å². The number of piperazine rings is 1. The number of halogens is 1. The van der Waals surface area contributed by atoms with Crippen LogP contribution in [0.25, 0.3) is 10.9 Å².